The molecule has 1 aromatic carbocycles. The fourth-order valence-electron chi connectivity index (χ4n) is 3.35. The van der Waals surface area contributed by atoms with E-state index in [0.717, 1.165) is 43.9 Å². The van der Waals surface area contributed by atoms with E-state index < -0.39 is 0 Å². The Bertz CT molecular complexity index is 762. The number of aromatic amines is 1. The van der Waals surface area contributed by atoms with Crippen molar-refractivity contribution in [2.24, 2.45) is 0 Å². The molecule has 6 heteroatoms. The van der Waals surface area contributed by atoms with E-state index in [1.807, 2.05) is 21.6 Å². The lowest BCUT2D eigenvalue weighted by molar-refractivity contribution is -0.131. The highest BCUT2D eigenvalue weighted by molar-refractivity contribution is 7.71. The fraction of sp³-hybridized carbons (Fsp3) is 0.500. The summed E-state index contributed by atoms with van der Waals surface area (Å²) in [5.41, 5.74) is 2.29. The summed E-state index contributed by atoms with van der Waals surface area (Å²) in [7, 11) is 0. The van der Waals surface area contributed by atoms with Gasteiger partial charge in [-0.15, -0.1) is 0 Å². The van der Waals surface area contributed by atoms with E-state index in [-0.39, 0.29) is 11.8 Å². The predicted octanol–water partition coefficient (Wildman–Crippen LogP) is 3.22. The van der Waals surface area contributed by atoms with Crippen LogP contribution in [-0.4, -0.2) is 38.7 Å². The van der Waals surface area contributed by atoms with Crippen LogP contribution in [-0.2, 0) is 17.8 Å². The van der Waals surface area contributed by atoms with Crippen LogP contribution in [0.15, 0.2) is 24.3 Å². The number of carbonyl (C=O) groups is 1. The number of aryl methyl sites for hydroxylation is 1. The number of likely N-dealkylation sites (tertiary alicyclic amines) is 1. The first-order chi connectivity index (χ1) is 11.6. The van der Waals surface area contributed by atoms with Crippen LogP contribution in [0.4, 0.5) is 0 Å². The van der Waals surface area contributed by atoms with Gasteiger partial charge in [0.1, 0.15) is 5.82 Å². The number of aromatic nitrogens is 3. The standard InChI is InChI=1S/C18H24N4OS/c1-3-22-17(19-20-18(22)24)15-5-4-10-21(12-15)16(23)11-14-8-6-13(2)7-9-14/h6-9,15H,3-5,10-12H2,1-2H3,(H,20,24). The molecule has 1 fully saturated rings. The first kappa shape index (κ1) is 16.9. The van der Waals surface area contributed by atoms with Crippen molar-refractivity contribution in [3.05, 3.63) is 46.0 Å². The first-order valence-electron chi connectivity index (χ1n) is 8.57. The van der Waals surface area contributed by atoms with E-state index in [1.165, 1.54) is 5.56 Å². The van der Waals surface area contributed by atoms with Crippen LogP contribution in [0, 0.1) is 11.7 Å². The second kappa shape index (κ2) is 7.30. The maximum atomic E-state index is 12.7. The maximum absolute atomic E-state index is 12.7. The summed E-state index contributed by atoms with van der Waals surface area (Å²) in [5, 5.41) is 7.29. The second-order valence-electron chi connectivity index (χ2n) is 6.47. The van der Waals surface area contributed by atoms with Gasteiger partial charge in [-0.25, -0.2) is 0 Å². The van der Waals surface area contributed by atoms with Crippen LogP contribution >= 0.6 is 12.2 Å². The second-order valence-corrected chi connectivity index (χ2v) is 6.86. The minimum absolute atomic E-state index is 0.195. The minimum atomic E-state index is 0.195. The molecule has 3 rings (SSSR count). The Morgan fingerprint density at radius 1 is 1.38 bits per heavy atom. The minimum Gasteiger partial charge on any atom is -0.342 e. The molecule has 2 aromatic rings. The quantitative estimate of drug-likeness (QED) is 0.867. The molecule has 1 unspecified atom stereocenters. The molecule has 1 atom stereocenters. The molecule has 1 aliphatic heterocycles. The van der Waals surface area contributed by atoms with Crippen LogP contribution < -0.4 is 0 Å². The number of H-pyrrole nitrogens is 1. The Morgan fingerprint density at radius 2 is 2.12 bits per heavy atom. The average molecular weight is 344 g/mol. The van der Waals surface area contributed by atoms with Gasteiger partial charge in [-0.3, -0.25) is 9.89 Å². The number of rotatable bonds is 4. The average Bonchev–Trinajstić information content (AvgIpc) is 2.97. The predicted molar refractivity (Wildman–Crippen MR) is 96.5 cm³/mol. The molecule has 5 nitrogen and oxygen atoms in total. The first-order valence-corrected chi connectivity index (χ1v) is 8.97. The molecule has 0 saturated carbocycles. The van der Waals surface area contributed by atoms with E-state index in [1.54, 1.807) is 0 Å². The molecule has 1 aromatic heterocycles. The van der Waals surface area contributed by atoms with Crippen LogP contribution in [0.25, 0.3) is 0 Å². The van der Waals surface area contributed by atoms with Gasteiger partial charge < -0.3 is 9.47 Å². The largest absolute Gasteiger partial charge is 0.342 e. The molecule has 1 aliphatic rings. The fourth-order valence-corrected chi connectivity index (χ4v) is 3.62. The molecule has 2 heterocycles. The highest BCUT2D eigenvalue weighted by Gasteiger charge is 2.27. The van der Waals surface area contributed by atoms with Gasteiger partial charge in [-0.05, 0) is 44.5 Å². The lowest BCUT2D eigenvalue weighted by Gasteiger charge is -2.32. The molecule has 1 saturated heterocycles. The maximum Gasteiger partial charge on any atom is 0.227 e. The summed E-state index contributed by atoms with van der Waals surface area (Å²) in [6.07, 6.45) is 2.52. The van der Waals surface area contributed by atoms with Gasteiger partial charge in [0.15, 0.2) is 4.77 Å². The van der Waals surface area contributed by atoms with E-state index in [2.05, 4.69) is 36.2 Å². The highest BCUT2D eigenvalue weighted by Crippen LogP contribution is 2.26. The molecule has 128 valence electrons. The Hall–Kier alpha value is -1.95. The summed E-state index contributed by atoms with van der Waals surface area (Å²) in [4.78, 5) is 14.6. The number of nitrogens with one attached hydrogen (secondary N) is 1. The van der Waals surface area contributed by atoms with E-state index in [9.17, 15) is 4.79 Å². The number of nitrogens with zero attached hydrogens (tertiary/aromatic N) is 3. The van der Waals surface area contributed by atoms with Crippen molar-refractivity contribution < 1.29 is 4.79 Å². The highest BCUT2D eigenvalue weighted by atomic mass is 32.1. The summed E-state index contributed by atoms with van der Waals surface area (Å²) in [6.45, 7) is 6.49. The number of benzene rings is 1. The van der Waals surface area contributed by atoms with Crippen molar-refractivity contribution in [1.82, 2.24) is 19.7 Å². The number of hydrogen-bond acceptors (Lipinski definition) is 3. The van der Waals surface area contributed by atoms with Crippen molar-refractivity contribution in [3.63, 3.8) is 0 Å². The Labute approximate surface area is 147 Å². The SMILES string of the molecule is CCn1c(C2CCCN(C(=O)Cc3ccc(C)cc3)C2)n[nH]c1=S. The lowest BCUT2D eigenvalue weighted by atomic mass is 9.96. The molecule has 0 bridgehead atoms. The summed E-state index contributed by atoms with van der Waals surface area (Å²) >= 11 is 5.28. The molecule has 0 spiro atoms. The Morgan fingerprint density at radius 3 is 2.83 bits per heavy atom. The summed E-state index contributed by atoms with van der Waals surface area (Å²) < 4.78 is 2.70. The van der Waals surface area contributed by atoms with E-state index >= 15 is 0 Å². The molecule has 1 amide bonds. The molecular weight excluding hydrogens is 320 g/mol. The third-order valence-electron chi connectivity index (χ3n) is 4.72. The molecular formula is C18H24N4OS. The Kier molecular flexibility index (Phi) is 5.14. The van der Waals surface area contributed by atoms with Gasteiger partial charge in [-0.1, -0.05) is 29.8 Å². The normalized spacial score (nSPS) is 17.9. The van der Waals surface area contributed by atoms with Crippen molar-refractivity contribution in [3.8, 4) is 0 Å². The van der Waals surface area contributed by atoms with Gasteiger partial charge in [0, 0.05) is 25.6 Å². The van der Waals surface area contributed by atoms with Gasteiger partial charge in [0.25, 0.3) is 0 Å². The van der Waals surface area contributed by atoms with Crippen LogP contribution in [0.3, 0.4) is 0 Å². The summed E-state index contributed by atoms with van der Waals surface area (Å²) in [5.74, 6) is 1.43. The van der Waals surface area contributed by atoms with Crippen molar-refractivity contribution in [1.29, 1.82) is 0 Å². The van der Waals surface area contributed by atoms with E-state index in [4.69, 9.17) is 12.2 Å². The zero-order valence-corrected chi connectivity index (χ0v) is 15.1. The number of amides is 1. The zero-order chi connectivity index (χ0) is 17.1. The van der Waals surface area contributed by atoms with Crippen molar-refractivity contribution in [2.75, 3.05) is 13.1 Å². The van der Waals surface area contributed by atoms with Crippen molar-refractivity contribution >= 4 is 18.1 Å². The van der Waals surface area contributed by atoms with Crippen LogP contribution in [0.1, 0.15) is 42.6 Å². The zero-order valence-electron chi connectivity index (χ0n) is 14.3. The van der Waals surface area contributed by atoms with Crippen LogP contribution in [0.5, 0.6) is 0 Å². The third kappa shape index (κ3) is 3.59. The number of piperidine rings is 1. The summed E-state index contributed by atoms with van der Waals surface area (Å²) in [6, 6.07) is 8.19. The molecule has 24 heavy (non-hydrogen) atoms. The van der Waals surface area contributed by atoms with Gasteiger partial charge >= 0.3 is 0 Å². The monoisotopic (exact) mass is 344 g/mol. The van der Waals surface area contributed by atoms with E-state index in [0.29, 0.717) is 11.2 Å². The molecule has 0 aliphatic carbocycles. The van der Waals surface area contributed by atoms with Crippen LogP contribution in [0.2, 0.25) is 0 Å². The lowest BCUT2D eigenvalue weighted by Crippen LogP contribution is -2.40. The number of hydrogen-bond donors (Lipinski definition) is 1. The number of carbonyl (C=O) groups excluding carboxylic acids is 1. The molecule has 1 N–H and O–H groups in total. The van der Waals surface area contributed by atoms with Gasteiger partial charge in [0.05, 0.1) is 6.42 Å². The third-order valence-corrected chi connectivity index (χ3v) is 5.03. The van der Waals surface area contributed by atoms with Gasteiger partial charge in [-0.2, -0.15) is 5.10 Å². The molecule has 0 radical (unpaired) electrons. The van der Waals surface area contributed by atoms with Crippen molar-refractivity contribution in [2.45, 2.75) is 45.6 Å². The van der Waals surface area contributed by atoms with Gasteiger partial charge in [0.2, 0.25) is 5.91 Å². The smallest absolute Gasteiger partial charge is 0.227 e. The topological polar surface area (TPSA) is 53.9 Å². The Balaban J connectivity index is 1.69.